The van der Waals surface area contributed by atoms with Crippen molar-refractivity contribution in [3.63, 3.8) is 0 Å². The molecule has 0 bridgehead atoms. The number of para-hydroxylation sites is 1. The van der Waals surface area contributed by atoms with Gasteiger partial charge < -0.3 is 4.90 Å². The molecular formula is C55H39N. The summed E-state index contributed by atoms with van der Waals surface area (Å²) in [7, 11) is 0. The van der Waals surface area contributed by atoms with E-state index >= 15 is 0 Å². The van der Waals surface area contributed by atoms with Crippen LogP contribution in [0.5, 0.6) is 0 Å². The van der Waals surface area contributed by atoms with Gasteiger partial charge in [0.25, 0.3) is 0 Å². The molecule has 1 aliphatic rings. The summed E-state index contributed by atoms with van der Waals surface area (Å²) < 4.78 is 0. The summed E-state index contributed by atoms with van der Waals surface area (Å²) in [5.41, 5.74) is 13.6. The predicted octanol–water partition coefficient (Wildman–Crippen LogP) is 15.4. The highest BCUT2D eigenvalue weighted by Gasteiger charge is 2.35. The number of nitrogens with zero attached hydrogens (tertiary/aromatic N) is 1. The zero-order valence-electron chi connectivity index (χ0n) is 31.5. The molecule has 0 unspecified atom stereocenters. The van der Waals surface area contributed by atoms with Crippen molar-refractivity contribution in [3.8, 4) is 33.4 Å². The second-order valence-electron chi connectivity index (χ2n) is 15.7. The molecular weight excluding hydrogens is 675 g/mol. The van der Waals surface area contributed by atoms with Crippen LogP contribution in [0.3, 0.4) is 0 Å². The van der Waals surface area contributed by atoms with E-state index < -0.39 is 0 Å². The van der Waals surface area contributed by atoms with E-state index in [2.05, 4.69) is 219 Å². The standard InChI is InChI=1S/C55H39N/c1-55(2)52-20-9-7-17-48(52)51-35-42(30-33-53(51)55)56(54-21-10-8-18-49(54)45-19-11-14-37-12-3-5-15-43(37)45)41-28-24-36(25-29-41)40-23-22-39-27-31-46-44-16-6-4-13-38(44)26-32-47(46)50(39)34-40/h3-35H,1-2H3. The maximum absolute atomic E-state index is 2.45. The molecule has 0 aromatic heterocycles. The Hall–Kier alpha value is -6.96. The van der Waals surface area contributed by atoms with Crippen LogP contribution in [0.2, 0.25) is 0 Å². The largest absolute Gasteiger partial charge is 0.310 e. The van der Waals surface area contributed by atoms with Crippen molar-refractivity contribution in [2.45, 2.75) is 19.3 Å². The van der Waals surface area contributed by atoms with Crippen LogP contribution in [0, 0.1) is 0 Å². The molecule has 10 aromatic carbocycles. The van der Waals surface area contributed by atoms with Gasteiger partial charge in [0, 0.05) is 22.4 Å². The first kappa shape index (κ1) is 32.5. The SMILES string of the molecule is CC1(C)c2ccccc2-c2cc(N(c3ccc(-c4ccc5ccc6c7ccccc7ccc6c5c4)cc3)c3ccccc3-c3cccc4ccccc34)ccc21. The minimum Gasteiger partial charge on any atom is -0.310 e. The summed E-state index contributed by atoms with van der Waals surface area (Å²) in [4.78, 5) is 2.45. The molecule has 56 heavy (non-hydrogen) atoms. The van der Waals surface area contributed by atoms with Crippen LogP contribution in [0.1, 0.15) is 25.0 Å². The quantitative estimate of drug-likeness (QED) is 0.161. The van der Waals surface area contributed by atoms with E-state index in [1.165, 1.54) is 87.6 Å². The van der Waals surface area contributed by atoms with Gasteiger partial charge in [-0.25, -0.2) is 0 Å². The number of rotatable bonds is 5. The van der Waals surface area contributed by atoms with Gasteiger partial charge in [0.15, 0.2) is 0 Å². The Morgan fingerprint density at radius 1 is 0.321 bits per heavy atom. The second-order valence-corrected chi connectivity index (χ2v) is 15.7. The lowest BCUT2D eigenvalue weighted by atomic mass is 9.82. The maximum Gasteiger partial charge on any atom is 0.0540 e. The van der Waals surface area contributed by atoms with Gasteiger partial charge in [0.05, 0.1) is 5.69 Å². The summed E-state index contributed by atoms with van der Waals surface area (Å²) in [5, 5.41) is 10.2. The third kappa shape index (κ3) is 5.01. The summed E-state index contributed by atoms with van der Waals surface area (Å²) >= 11 is 0. The molecule has 0 saturated heterocycles. The lowest BCUT2D eigenvalue weighted by Crippen LogP contribution is -2.15. The maximum atomic E-state index is 2.45. The minimum atomic E-state index is -0.0594. The molecule has 0 N–H and O–H groups in total. The van der Waals surface area contributed by atoms with Gasteiger partial charge in [-0.15, -0.1) is 0 Å². The molecule has 0 fully saturated rings. The molecule has 264 valence electrons. The van der Waals surface area contributed by atoms with Crippen LogP contribution in [0.15, 0.2) is 200 Å². The average molecular weight is 714 g/mol. The van der Waals surface area contributed by atoms with Crippen LogP contribution < -0.4 is 4.90 Å². The highest BCUT2D eigenvalue weighted by Crippen LogP contribution is 2.51. The number of hydrogen-bond acceptors (Lipinski definition) is 1. The van der Waals surface area contributed by atoms with E-state index in [1.54, 1.807) is 0 Å². The Balaban J connectivity index is 1.08. The highest BCUT2D eigenvalue weighted by atomic mass is 15.1. The van der Waals surface area contributed by atoms with Crippen molar-refractivity contribution in [1.82, 2.24) is 0 Å². The van der Waals surface area contributed by atoms with E-state index in [9.17, 15) is 0 Å². The molecule has 1 nitrogen and oxygen atoms in total. The molecule has 0 aliphatic heterocycles. The minimum absolute atomic E-state index is 0.0594. The average Bonchev–Trinajstić information content (AvgIpc) is 3.49. The molecule has 1 heteroatoms. The number of benzene rings is 10. The smallest absolute Gasteiger partial charge is 0.0540 e. The van der Waals surface area contributed by atoms with Gasteiger partial charge in [-0.3, -0.25) is 0 Å². The first-order chi connectivity index (χ1) is 27.5. The van der Waals surface area contributed by atoms with Gasteiger partial charge in [0.1, 0.15) is 0 Å². The Morgan fingerprint density at radius 3 is 1.70 bits per heavy atom. The van der Waals surface area contributed by atoms with E-state index in [4.69, 9.17) is 0 Å². The first-order valence-corrected chi connectivity index (χ1v) is 19.6. The summed E-state index contributed by atoms with van der Waals surface area (Å²) in [6.07, 6.45) is 0. The Kier molecular flexibility index (Phi) is 7.28. The van der Waals surface area contributed by atoms with E-state index in [0.29, 0.717) is 0 Å². The lowest BCUT2D eigenvalue weighted by Gasteiger charge is -2.29. The monoisotopic (exact) mass is 713 g/mol. The topological polar surface area (TPSA) is 3.24 Å². The molecule has 0 saturated carbocycles. The summed E-state index contributed by atoms with van der Waals surface area (Å²) in [6.45, 7) is 4.70. The fourth-order valence-corrected chi connectivity index (χ4v) is 9.43. The molecule has 0 amide bonds. The van der Waals surface area contributed by atoms with Crippen molar-refractivity contribution in [2.24, 2.45) is 0 Å². The first-order valence-electron chi connectivity index (χ1n) is 19.6. The lowest BCUT2D eigenvalue weighted by molar-refractivity contribution is 0.660. The van der Waals surface area contributed by atoms with Crippen LogP contribution in [0.25, 0.3) is 76.5 Å². The molecule has 0 atom stereocenters. The van der Waals surface area contributed by atoms with Gasteiger partial charge in [0.2, 0.25) is 0 Å². The predicted molar refractivity (Wildman–Crippen MR) is 240 cm³/mol. The second kappa shape index (κ2) is 12.5. The van der Waals surface area contributed by atoms with Crippen molar-refractivity contribution in [3.05, 3.63) is 211 Å². The van der Waals surface area contributed by atoms with Gasteiger partial charge in [-0.1, -0.05) is 178 Å². The van der Waals surface area contributed by atoms with Crippen molar-refractivity contribution in [2.75, 3.05) is 4.90 Å². The molecule has 0 heterocycles. The highest BCUT2D eigenvalue weighted by molar-refractivity contribution is 6.17. The van der Waals surface area contributed by atoms with Crippen LogP contribution in [0.4, 0.5) is 17.1 Å². The molecule has 0 radical (unpaired) electrons. The van der Waals surface area contributed by atoms with E-state index in [1.807, 2.05) is 0 Å². The van der Waals surface area contributed by atoms with Crippen LogP contribution in [-0.2, 0) is 5.41 Å². The van der Waals surface area contributed by atoms with Gasteiger partial charge >= 0.3 is 0 Å². The fourth-order valence-electron chi connectivity index (χ4n) is 9.43. The van der Waals surface area contributed by atoms with Crippen molar-refractivity contribution >= 4 is 60.2 Å². The van der Waals surface area contributed by atoms with Crippen molar-refractivity contribution in [1.29, 1.82) is 0 Å². The molecule has 11 rings (SSSR count). The Labute approximate surface area is 327 Å². The summed E-state index contributed by atoms with van der Waals surface area (Å²) in [6, 6.07) is 74.0. The normalized spacial score (nSPS) is 13.0. The Bertz CT molecular complexity index is 3160. The number of hydrogen-bond donors (Lipinski definition) is 0. The third-order valence-electron chi connectivity index (χ3n) is 12.3. The Morgan fingerprint density at radius 2 is 0.875 bits per heavy atom. The van der Waals surface area contributed by atoms with E-state index in [-0.39, 0.29) is 5.41 Å². The van der Waals surface area contributed by atoms with Gasteiger partial charge in [-0.2, -0.15) is 0 Å². The number of anilines is 3. The van der Waals surface area contributed by atoms with Crippen LogP contribution >= 0.6 is 0 Å². The van der Waals surface area contributed by atoms with Crippen LogP contribution in [-0.4, -0.2) is 0 Å². The fraction of sp³-hybridized carbons (Fsp3) is 0.0545. The number of fused-ring (bicyclic) bond motifs is 9. The zero-order chi connectivity index (χ0) is 37.4. The zero-order valence-corrected chi connectivity index (χ0v) is 31.5. The molecule has 0 spiro atoms. The third-order valence-corrected chi connectivity index (χ3v) is 12.3. The van der Waals surface area contributed by atoms with Gasteiger partial charge in [-0.05, 0) is 118 Å². The van der Waals surface area contributed by atoms with E-state index in [0.717, 1.165) is 17.1 Å². The molecule has 1 aliphatic carbocycles. The summed E-state index contributed by atoms with van der Waals surface area (Å²) in [5.74, 6) is 0. The molecule has 10 aromatic rings. The van der Waals surface area contributed by atoms with Crippen molar-refractivity contribution < 1.29 is 0 Å².